The van der Waals surface area contributed by atoms with Crippen LogP contribution in [0, 0.1) is 0 Å². The van der Waals surface area contributed by atoms with Gasteiger partial charge in [-0.1, -0.05) is 36.9 Å². The molecule has 23 heavy (non-hydrogen) atoms. The van der Waals surface area contributed by atoms with E-state index in [9.17, 15) is 8.78 Å². The fraction of sp³-hybridized carbons (Fsp3) is 0.300. The van der Waals surface area contributed by atoms with Crippen LogP contribution in [0.5, 0.6) is 5.75 Å². The van der Waals surface area contributed by atoms with Crippen molar-refractivity contribution in [1.82, 2.24) is 0 Å². The summed E-state index contributed by atoms with van der Waals surface area (Å²) in [5.41, 5.74) is 4.26. The normalized spacial score (nSPS) is 13.0. The molecule has 0 amide bonds. The van der Waals surface area contributed by atoms with E-state index in [1.54, 1.807) is 12.1 Å². The summed E-state index contributed by atoms with van der Waals surface area (Å²) in [6.07, 6.45) is 3.79. The maximum atomic E-state index is 13.8. The number of ether oxygens (including phenoxy) is 1. The first kappa shape index (κ1) is 18.9. The topological polar surface area (TPSA) is 9.23 Å². The molecule has 0 bridgehead atoms. The third kappa shape index (κ3) is 4.92. The van der Waals surface area contributed by atoms with Crippen LogP contribution in [0.4, 0.5) is 8.78 Å². The van der Waals surface area contributed by atoms with E-state index in [0.717, 1.165) is 34.8 Å². The van der Waals surface area contributed by atoms with Gasteiger partial charge in [0, 0.05) is 6.92 Å². The Balaban J connectivity index is 3.27. The first-order valence-corrected chi connectivity index (χ1v) is 7.35. The van der Waals surface area contributed by atoms with E-state index in [0.29, 0.717) is 0 Å². The molecular weight excluding hydrogens is 294 g/mol. The Morgan fingerprint density at radius 2 is 1.74 bits per heavy atom. The number of hydrogen-bond acceptors (Lipinski definition) is 1. The SMILES string of the molecule is C=C(C)C(=C)/C=C\C(C)=C(/C)c1ccc(OC)c(C(C)(F)F)c1. The van der Waals surface area contributed by atoms with Gasteiger partial charge in [0.15, 0.2) is 0 Å². The summed E-state index contributed by atoms with van der Waals surface area (Å²) in [6.45, 7) is 14.3. The summed E-state index contributed by atoms with van der Waals surface area (Å²) < 4.78 is 32.6. The highest BCUT2D eigenvalue weighted by Crippen LogP contribution is 2.36. The molecule has 1 aromatic carbocycles. The van der Waals surface area contributed by atoms with E-state index in [2.05, 4.69) is 13.2 Å². The lowest BCUT2D eigenvalue weighted by Gasteiger charge is -2.17. The van der Waals surface area contributed by atoms with Gasteiger partial charge in [-0.05, 0) is 55.2 Å². The second kappa shape index (κ2) is 7.40. The quantitative estimate of drug-likeness (QED) is 0.560. The number of benzene rings is 1. The van der Waals surface area contributed by atoms with Crippen LogP contribution in [0.3, 0.4) is 0 Å². The van der Waals surface area contributed by atoms with Crippen LogP contribution in [-0.4, -0.2) is 7.11 Å². The number of halogens is 2. The monoisotopic (exact) mass is 318 g/mol. The molecule has 0 aliphatic carbocycles. The highest BCUT2D eigenvalue weighted by atomic mass is 19.3. The maximum absolute atomic E-state index is 13.8. The minimum atomic E-state index is -2.96. The van der Waals surface area contributed by atoms with Crippen molar-refractivity contribution < 1.29 is 13.5 Å². The molecule has 0 heterocycles. The zero-order valence-corrected chi connectivity index (χ0v) is 14.5. The number of methoxy groups -OCH3 is 1. The van der Waals surface area contributed by atoms with Crippen molar-refractivity contribution in [3.63, 3.8) is 0 Å². The van der Waals surface area contributed by atoms with Crippen LogP contribution in [0.25, 0.3) is 5.57 Å². The second-order valence-electron chi connectivity index (χ2n) is 5.75. The first-order valence-electron chi connectivity index (χ1n) is 7.35. The molecular formula is C20H24F2O. The van der Waals surface area contributed by atoms with Crippen molar-refractivity contribution in [3.8, 4) is 5.75 Å². The van der Waals surface area contributed by atoms with E-state index in [-0.39, 0.29) is 11.3 Å². The average molecular weight is 318 g/mol. The van der Waals surface area contributed by atoms with Crippen molar-refractivity contribution in [3.05, 3.63) is 71.4 Å². The third-order valence-corrected chi connectivity index (χ3v) is 3.78. The zero-order valence-electron chi connectivity index (χ0n) is 14.5. The fourth-order valence-electron chi connectivity index (χ4n) is 2.00. The molecule has 3 heteroatoms. The zero-order chi connectivity index (χ0) is 17.8. The Kier molecular flexibility index (Phi) is 6.08. The lowest BCUT2D eigenvalue weighted by Crippen LogP contribution is -2.09. The smallest absolute Gasteiger partial charge is 0.274 e. The molecule has 0 aromatic heterocycles. The summed E-state index contributed by atoms with van der Waals surface area (Å²) in [5.74, 6) is -2.77. The van der Waals surface area contributed by atoms with Gasteiger partial charge in [0.1, 0.15) is 5.75 Å². The Morgan fingerprint density at radius 1 is 1.13 bits per heavy atom. The molecule has 0 aliphatic rings. The van der Waals surface area contributed by atoms with Gasteiger partial charge in [-0.15, -0.1) is 0 Å². The first-order chi connectivity index (χ1) is 10.6. The van der Waals surface area contributed by atoms with Gasteiger partial charge < -0.3 is 4.74 Å². The summed E-state index contributed by atoms with van der Waals surface area (Å²) >= 11 is 0. The molecule has 0 atom stereocenters. The standard InChI is InChI=1S/C20H24F2O/c1-13(2)14(3)8-9-15(4)16(5)17-10-11-19(23-7)18(12-17)20(6,21)22/h8-12H,1,3H2,2,4-7H3/b9-8-,16-15+. The Morgan fingerprint density at radius 3 is 2.22 bits per heavy atom. The Bertz CT molecular complexity index is 673. The summed E-state index contributed by atoms with van der Waals surface area (Å²) in [6, 6.07) is 4.85. The third-order valence-electron chi connectivity index (χ3n) is 3.78. The predicted octanol–water partition coefficient (Wildman–Crippen LogP) is 6.29. The van der Waals surface area contributed by atoms with Gasteiger partial charge in [-0.2, -0.15) is 0 Å². The van der Waals surface area contributed by atoms with Gasteiger partial charge in [-0.3, -0.25) is 0 Å². The molecule has 1 aromatic rings. The number of allylic oxidation sites excluding steroid dienone is 6. The summed E-state index contributed by atoms with van der Waals surface area (Å²) in [7, 11) is 1.39. The van der Waals surface area contributed by atoms with Gasteiger partial charge >= 0.3 is 0 Å². The summed E-state index contributed by atoms with van der Waals surface area (Å²) in [4.78, 5) is 0. The molecule has 0 saturated carbocycles. The fourth-order valence-corrected chi connectivity index (χ4v) is 2.00. The van der Waals surface area contributed by atoms with E-state index in [4.69, 9.17) is 4.74 Å². The van der Waals surface area contributed by atoms with Crippen LogP contribution in [0.1, 0.15) is 38.8 Å². The van der Waals surface area contributed by atoms with Crippen LogP contribution in [-0.2, 0) is 5.92 Å². The lowest BCUT2D eigenvalue weighted by molar-refractivity contribution is 0.0150. The maximum Gasteiger partial charge on any atom is 0.274 e. The molecule has 0 aliphatic heterocycles. The van der Waals surface area contributed by atoms with Gasteiger partial charge in [0.2, 0.25) is 0 Å². The van der Waals surface area contributed by atoms with Crippen molar-refractivity contribution in [2.24, 2.45) is 0 Å². The molecule has 0 radical (unpaired) electrons. The van der Waals surface area contributed by atoms with Crippen molar-refractivity contribution in [2.75, 3.05) is 7.11 Å². The second-order valence-corrected chi connectivity index (χ2v) is 5.75. The van der Waals surface area contributed by atoms with Gasteiger partial charge in [-0.25, -0.2) is 8.78 Å². The Hall–Kier alpha value is -2.16. The van der Waals surface area contributed by atoms with Crippen LogP contribution in [0.2, 0.25) is 0 Å². The van der Waals surface area contributed by atoms with Gasteiger partial charge in [0.05, 0.1) is 12.7 Å². The minimum Gasteiger partial charge on any atom is -0.496 e. The molecule has 0 N–H and O–H groups in total. The van der Waals surface area contributed by atoms with Crippen molar-refractivity contribution in [2.45, 2.75) is 33.6 Å². The molecule has 0 spiro atoms. The molecule has 0 unspecified atom stereocenters. The van der Waals surface area contributed by atoms with Crippen LogP contribution < -0.4 is 4.74 Å². The highest BCUT2D eigenvalue weighted by Gasteiger charge is 2.28. The van der Waals surface area contributed by atoms with Crippen LogP contribution >= 0.6 is 0 Å². The molecule has 1 rings (SSSR count). The van der Waals surface area contributed by atoms with E-state index >= 15 is 0 Å². The van der Waals surface area contributed by atoms with Crippen LogP contribution in [0.15, 0.2) is 60.2 Å². The average Bonchev–Trinajstić information content (AvgIpc) is 2.49. The van der Waals surface area contributed by atoms with Crippen molar-refractivity contribution in [1.29, 1.82) is 0 Å². The summed E-state index contributed by atoms with van der Waals surface area (Å²) in [5, 5.41) is 0. The van der Waals surface area contributed by atoms with E-state index < -0.39 is 5.92 Å². The van der Waals surface area contributed by atoms with Crippen molar-refractivity contribution >= 4 is 5.57 Å². The molecule has 1 nitrogen and oxygen atoms in total. The molecule has 0 saturated heterocycles. The highest BCUT2D eigenvalue weighted by molar-refractivity contribution is 5.70. The van der Waals surface area contributed by atoms with E-state index in [1.807, 2.05) is 32.9 Å². The number of alkyl halides is 2. The number of rotatable bonds is 6. The largest absolute Gasteiger partial charge is 0.496 e. The van der Waals surface area contributed by atoms with E-state index in [1.165, 1.54) is 13.2 Å². The van der Waals surface area contributed by atoms with Gasteiger partial charge in [0.25, 0.3) is 5.92 Å². The lowest BCUT2D eigenvalue weighted by atomic mass is 9.97. The predicted molar refractivity (Wildman–Crippen MR) is 93.9 cm³/mol. The Labute approximate surface area is 137 Å². The minimum absolute atomic E-state index is 0.111. The molecule has 124 valence electrons. The molecule has 0 fully saturated rings. The number of hydrogen-bond donors (Lipinski definition) is 0.